The summed E-state index contributed by atoms with van der Waals surface area (Å²) in [4.78, 5) is 97.1. The van der Waals surface area contributed by atoms with Crippen molar-refractivity contribution in [2.45, 2.75) is 31.5 Å². The average Bonchev–Trinajstić information content (AvgIpc) is 3.97. The Balaban J connectivity index is 0.902. The van der Waals surface area contributed by atoms with Crippen molar-refractivity contribution in [2.24, 2.45) is 5.73 Å². The molecule has 0 aliphatic carbocycles. The molecule has 316 valence electrons. The van der Waals surface area contributed by atoms with Gasteiger partial charge in [0.15, 0.2) is 11.4 Å². The van der Waals surface area contributed by atoms with E-state index in [1.54, 1.807) is 12.1 Å². The Morgan fingerprint density at radius 1 is 0.968 bits per heavy atom. The summed E-state index contributed by atoms with van der Waals surface area (Å²) in [6, 6.07) is 12.4. The van der Waals surface area contributed by atoms with Gasteiger partial charge in [-0.15, -0.1) is 0 Å². The molecule has 1 unspecified atom stereocenters. The van der Waals surface area contributed by atoms with E-state index in [4.69, 9.17) is 10.2 Å². The summed E-state index contributed by atoms with van der Waals surface area (Å²) < 4.78 is 44.4. The number of benzene rings is 2. The van der Waals surface area contributed by atoms with Gasteiger partial charge < -0.3 is 31.4 Å². The van der Waals surface area contributed by atoms with Crippen LogP contribution in [0.5, 0.6) is 0 Å². The van der Waals surface area contributed by atoms with Gasteiger partial charge in [0.05, 0.1) is 35.2 Å². The van der Waals surface area contributed by atoms with Crippen LogP contribution in [0.2, 0.25) is 0 Å². The van der Waals surface area contributed by atoms with Crippen molar-refractivity contribution < 1.29 is 51.2 Å². The summed E-state index contributed by atoms with van der Waals surface area (Å²) >= 11 is 0. The number of fused-ring (bicyclic) bond motifs is 1. The van der Waals surface area contributed by atoms with Gasteiger partial charge in [0, 0.05) is 42.4 Å². The van der Waals surface area contributed by atoms with Crippen LogP contribution in [0.4, 0.5) is 30.4 Å². The molecule has 19 nitrogen and oxygen atoms in total. The van der Waals surface area contributed by atoms with E-state index in [1.807, 2.05) is 0 Å². The molecular weight excluding hydrogens is 820 g/mol. The fourth-order valence-corrected chi connectivity index (χ4v) is 6.39. The van der Waals surface area contributed by atoms with Crippen LogP contribution in [0.15, 0.2) is 77.7 Å². The number of nitrogens with two attached hydrogens (primary N) is 1. The first-order chi connectivity index (χ1) is 29.7. The van der Waals surface area contributed by atoms with Crippen LogP contribution >= 0.6 is 0 Å². The minimum absolute atomic E-state index is 0.00911. The van der Waals surface area contributed by atoms with E-state index >= 15 is 0 Å². The monoisotopic (exact) mass is 851 g/mol. The zero-order valence-electron chi connectivity index (χ0n) is 32.0. The molecule has 7 amide bonds. The number of nitrogens with one attached hydrogen (secondary N) is 5. The van der Waals surface area contributed by atoms with E-state index in [1.165, 1.54) is 59.5 Å². The van der Waals surface area contributed by atoms with Crippen molar-refractivity contribution in [3.05, 3.63) is 101 Å². The highest BCUT2D eigenvalue weighted by molar-refractivity contribution is 6.25. The van der Waals surface area contributed by atoms with Crippen molar-refractivity contribution in [2.75, 3.05) is 35.6 Å². The quantitative estimate of drug-likeness (QED) is 0.0566. The normalized spacial score (nSPS) is 14.7. The fourth-order valence-electron chi connectivity index (χ4n) is 6.39. The van der Waals surface area contributed by atoms with Gasteiger partial charge in [-0.1, -0.05) is 17.9 Å². The number of halogens is 3. The zero-order valence-corrected chi connectivity index (χ0v) is 32.0. The molecule has 2 aliphatic heterocycles. The van der Waals surface area contributed by atoms with Crippen molar-refractivity contribution >= 4 is 58.5 Å². The van der Waals surface area contributed by atoms with E-state index in [-0.39, 0.29) is 70.4 Å². The highest BCUT2D eigenvalue weighted by Crippen LogP contribution is 2.32. The SMILES string of the molecule is NC(=O)c1nn(-c2ccc(C(=O)NCC#CCCNc3cccc4c3C(=O)N(C3CCC(=O)NC3=O)C4=O)cc2)cc1NC(=O)c1coc(-c2ccnc(NCC(F)(F)F)c2)n1. The summed E-state index contributed by atoms with van der Waals surface area (Å²) in [5.41, 5.74) is 6.50. The number of rotatable bonds is 13. The molecule has 1 atom stereocenters. The van der Waals surface area contributed by atoms with E-state index < -0.39 is 60.1 Å². The molecule has 1 fully saturated rings. The second-order valence-corrected chi connectivity index (χ2v) is 13.5. The van der Waals surface area contributed by atoms with E-state index in [2.05, 4.69) is 53.5 Å². The summed E-state index contributed by atoms with van der Waals surface area (Å²) in [5.74, 6) is 0.947. The first-order valence-electron chi connectivity index (χ1n) is 18.5. The molecule has 0 saturated carbocycles. The molecule has 7 rings (SSSR count). The number of anilines is 3. The van der Waals surface area contributed by atoms with Gasteiger partial charge in [-0.2, -0.15) is 18.3 Å². The molecule has 1 saturated heterocycles. The largest absolute Gasteiger partial charge is 0.444 e. The molecule has 7 N–H and O–H groups in total. The summed E-state index contributed by atoms with van der Waals surface area (Å²) in [6.07, 6.45) is -0.530. The number of hydrogen-bond acceptors (Lipinski definition) is 13. The van der Waals surface area contributed by atoms with Crippen LogP contribution in [0.1, 0.15) is 71.3 Å². The lowest BCUT2D eigenvalue weighted by Gasteiger charge is -2.27. The predicted molar refractivity (Wildman–Crippen MR) is 211 cm³/mol. The average molecular weight is 852 g/mol. The number of carbonyl (C=O) groups excluding carboxylic acids is 7. The Hall–Kier alpha value is -8.35. The Morgan fingerprint density at radius 2 is 1.76 bits per heavy atom. The third kappa shape index (κ3) is 9.26. The maximum atomic E-state index is 13.3. The Kier molecular flexibility index (Phi) is 11.8. The number of primary amides is 1. The van der Waals surface area contributed by atoms with Crippen LogP contribution in [0, 0.1) is 11.8 Å². The molecule has 3 aromatic heterocycles. The molecule has 22 heteroatoms. The van der Waals surface area contributed by atoms with Gasteiger partial charge in [-0.3, -0.25) is 43.8 Å². The number of amides is 7. The number of hydrogen-bond donors (Lipinski definition) is 6. The van der Waals surface area contributed by atoms with Crippen LogP contribution in [-0.2, 0) is 9.59 Å². The van der Waals surface area contributed by atoms with Crippen molar-refractivity contribution in [1.29, 1.82) is 0 Å². The van der Waals surface area contributed by atoms with Gasteiger partial charge in [0.1, 0.15) is 24.7 Å². The summed E-state index contributed by atoms with van der Waals surface area (Å²) in [5, 5.41) is 16.7. The maximum Gasteiger partial charge on any atom is 0.405 e. The zero-order chi connectivity index (χ0) is 44.1. The van der Waals surface area contributed by atoms with Gasteiger partial charge in [-0.05, 0) is 55.0 Å². The van der Waals surface area contributed by atoms with Crippen LogP contribution in [0.3, 0.4) is 0 Å². The molecule has 2 aromatic carbocycles. The van der Waals surface area contributed by atoms with Gasteiger partial charge in [0.2, 0.25) is 17.7 Å². The topological polar surface area (TPSA) is 266 Å². The molecule has 0 spiro atoms. The highest BCUT2D eigenvalue weighted by Gasteiger charge is 2.45. The Morgan fingerprint density at radius 3 is 2.50 bits per heavy atom. The van der Waals surface area contributed by atoms with E-state index in [9.17, 15) is 46.7 Å². The number of pyridine rings is 1. The van der Waals surface area contributed by atoms with Crippen molar-refractivity contribution in [3.63, 3.8) is 0 Å². The van der Waals surface area contributed by atoms with E-state index in [0.717, 1.165) is 11.2 Å². The van der Waals surface area contributed by atoms with Gasteiger partial charge in [0.25, 0.3) is 29.5 Å². The van der Waals surface area contributed by atoms with Crippen molar-refractivity contribution in [1.82, 2.24) is 35.3 Å². The second kappa shape index (κ2) is 17.5. The predicted octanol–water partition coefficient (Wildman–Crippen LogP) is 2.88. The molecule has 5 heterocycles. The molecule has 0 radical (unpaired) electrons. The Bertz CT molecular complexity index is 2700. The lowest BCUT2D eigenvalue weighted by atomic mass is 10.0. The lowest BCUT2D eigenvalue weighted by Crippen LogP contribution is -2.54. The van der Waals surface area contributed by atoms with Crippen LogP contribution < -0.4 is 32.3 Å². The molecule has 5 aromatic rings. The van der Waals surface area contributed by atoms with Crippen LogP contribution in [-0.4, -0.2) is 97.9 Å². The molecule has 62 heavy (non-hydrogen) atoms. The van der Waals surface area contributed by atoms with E-state index in [0.29, 0.717) is 24.3 Å². The minimum Gasteiger partial charge on any atom is -0.444 e. The lowest BCUT2D eigenvalue weighted by molar-refractivity contribution is -0.136. The number of imide groups is 2. The fraction of sp³-hybridized carbons (Fsp3) is 0.200. The van der Waals surface area contributed by atoms with Crippen molar-refractivity contribution in [3.8, 4) is 29.0 Å². The first-order valence-corrected chi connectivity index (χ1v) is 18.5. The summed E-state index contributed by atoms with van der Waals surface area (Å²) in [6.45, 7) is -1.01. The third-order valence-corrected chi connectivity index (χ3v) is 9.30. The first kappa shape index (κ1) is 41.8. The second-order valence-electron chi connectivity index (χ2n) is 13.5. The number of carbonyl (C=O) groups is 7. The van der Waals surface area contributed by atoms with Gasteiger partial charge in [-0.25, -0.2) is 14.6 Å². The smallest absolute Gasteiger partial charge is 0.405 e. The third-order valence-electron chi connectivity index (χ3n) is 9.30. The summed E-state index contributed by atoms with van der Waals surface area (Å²) in [7, 11) is 0. The molecule has 0 bridgehead atoms. The number of aromatic nitrogens is 4. The van der Waals surface area contributed by atoms with Gasteiger partial charge >= 0.3 is 6.18 Å². The van der Waals surface area contributed by atoms with Crippen LogP contribution in [0.25, 0.3) is 17.1 Å². The number of oxazole rings is 1. The number of alkyl halides is 3. The maximum absolute atomic E-state index is 13.3. The standard InChI is InChI=1S/C40H32F3N11O8/c41-40(42,43)20-48-29-17-22(13-16-46-29)37-50-27(19-62-37)35(58)49-26-18-53(52-32(26)33(44)56)23-9-7-21(8-10-23)34(57)47-15-3-1-2-14-45-25-6-4-5-24-31(25)39(61)54(38(24)60)28-11-12-30(55)51-36(28)59/h4-10,13,16-19,28,45H,2,11-12,14-15,20H2,(H2,44,56)(H,46,48)(H,47,57)(H,49,58)(H,51,55,59). The number of nitrogens with zero attached hydrogens (tertiary/aromatic N) is 5. The Labute approximate surface area is 347 Å². The molecule has 2 aliphatic rings. The number of piperidine rings is 1. The highest BCUT2D eigenvalue weighted by atomic mass is 19.4. The minimum atomic E-state index is -4.47. The molecular formula is C40H32F3N11O8.